The number of alkyl halides is 3. The summed E-state index contributed by atoms with van der Waals surface area (Å²) in [6.45, 7) is 5.68. The molecule has 3 aromatic rings. The number of rotatable bonds is 4. The van der Waals surface area contributed by atoms with Gasteiger partial charge in [-0.05, 0) is 36.3 Å². The van der Waals surface area contributed by atoms with Crippen LogP contribution in [0.25, 0.3) is 11.1 Å². The highest BCUT2D eigenvalue weighted by Gasteiger charge is 2.40. The van der Waals surface area contributed by atoms with Crippen LogP contribution in [0.3, 0.4) is 0 Å². The molecular weight excluding hydrogens is 456 g/mol. The fraction of sp³-hybridized carbons (Fsp3) is 0.261. The molecule has 33 heavy (non-hydrogen) atoms. The molecule has 0 fully saturated rings. The van der Waals surface area contributed by atoms with E-state index in [-0.39, 0.29) is 36.7 Å². The number of aryl methyl sites for hydroxylation is 1. The average Bonchev–Trinajstić information content (AvgIpc) is 3.41. The number of hydrogen-bond donors (Lipinski definition) is 0. The van der Waals surface area contributed by atoms with Crippen molar-refractivity contribution >= 4 is 17.2 Å². The van der Waals surface area contributed by atoms with Crippen molar-refractivity contribution in [3.63, 3.8) is 0 Å². The summed E-state index contributed by atoms with van der Waals surface area (Å²) in [5, 5.41) is 13.0. The Kier molecular flexibility index (Phi) is 5.84. The first-order valence-corrected chi connectivity index (χ1v) is 10.9. The summed E-state index contributed by atoms with van der Waals surface area (Å²) in [7, 11) is 0. The average molecular weight is 474 g/mol. The predicted molar refractivity (Wildman–Crippen MR) is 115 cm³/mol. The third kappa shape index (κ3) is 4.04. The van der Waals surface area contributed by atoms with Crippen molar-refractivity contribution in [1.82, 2.24) is 14.7 Å². The van der Waals surface area contributed by atoms with E-state index >= 15 is 4.39 Å². The highest BCUT2D eigenvalue weighted by Crippen LogP contribution is 2.45. The lowest BCUT2D eigenvalue weighted by Gasteiger charge is -2.33. The van der Waals surface area contributed by atoms with Gasteiger partial charge in [0.2, 0.25) is 5.91 Å². The van der Waals surface area contributed by atoms with Crippen LogP contribution in [-0.2, 0) is 24.1 Å². The number of carbonyl (C=O) groups is 1. The number of nitriles is 1. The second-order valence-corrected chi connectivity index (χ2v) is 8.66. The minimum atomic E-state index is -4.78. The molecule has 1 atom stereocenters. The lowest BCUT2D eigenvalue weighted by Crippen LogP contribution is -2.37. The van der Waals surface area contributed by atoms with Gasteiger partial charge in [-0.2, -0.15) is 23.5 Å². The van der Waals surface area contributed by atoms with Gasteiger partial charge in [0.25, 0.3) is 0 Å². The summed E-state index contributed by atoms with van der Waals surface area (Å²) >= 11 is 1.21. The molecule has 1 amide bonds. The van der Waals surface area contributed by atoms with E-state index in [0.717, 1.165) is 21.7 Å². The minimum Gasteiger partial charge on any atom is -0.333 e. The molecule has 10 heteroatoms. The second-order valence-electron chi connectivity index (χ2n) is 7.53. The molecule has 3 heterocycles. The van der Waals surface area contributed by atoms with Crippen LogP contribution in [0, 0.1) is 17.1 Å². The van der Waals surface area contributed by atoms with E-state index in [2.05, 4.69) is 17.7 Å². The summed E-state index contributed by atoms with van der Waals surface area (Å²) in [5.74, 6) is -1.81. The van der Waals surface area contributed by atoms with Crippen molar-refractivity contribution < 1.29 is 22.4 Å². The normalized spacial score (nSPS) is 15.8. The lowest BCUT2D eigenvalue weighted by atomic mass is 9.83. The quantitative estimate of drug-likeness (QED) is 0.380. The van der Waals surface area contributed by atoms with Gasteiger partial charge in [0.15, 0.2) is 5.69 Å². The molecule has 4 rings (SSSR count). The van der Waals surface area contributed by atoms with Crippen LogP contribution in [0.5, 0.6) is 0 Å². The summed E-state index contributed by atoms with van der Waals surface area (Å²) in [6, 6.07) is 7.82. The van der Waals surface area contributed by atoms with Gasteiger partial charge in [-0.15, -0.1) is 11.3 Å². The molecule has 1 aliphatic heterocycles. The van der Waals surface area contributed by atoms with Crippen LogP contribution in [0.15, 0.2) is 43.1 Å². The van der Waals surface area contributed by atoms with Gasteiger partial charge in [0.1, 0.15) is 16.8 Å². The van der Waals surface area contributed by atoms with Crippen molar-refractivity contribution in [3.8, 4) is 17.2 Å². The van der Waals surface area contributed by atoms with Gasteiger partial charge in [-0.1, -0.05) is 18.7 Å². The van der Waals surface area contributed by atoms with Crippen LogP contribution in [-0.4, -0.2) is 27.1 Å². The number of amides is 1. The second kappa shape index (κ2) is 8.48. The molecule has 0 aliphatic carbocycles. The van der Waals surface area contributed by atoms with Crippen LogP contribution in [0.2, 0.25) is 0 Å². The van der Waals surface area contributed by atoms with E-state index < -0.39 is 23.6 Å². The van der Waals surface area contributed by atoms with E-state index in [1.54, 1.807) is 19.1 Å². The van der Waals surface area contributed by atoms with Crippen LogP contribution >= 0.6 is 11.3 Å². The van der Waals surface area contributed by atoms with Crippen molar-refractivity contribution in [1.29, 1.82) is 5.26 Å². The highest BCUT2D eigenvalue weighted by atomic mass is 32.1. The molecule has 5 nitrogen and oxygen atoms in total. The Labute approximate surface area is 191 Å². The first kappa shape index (κ1) is 22.7. The number of hydrogen-bond acceptors (Lipinski definition) is 4. The van der Waals surface area contributed by atoms with Crippen molar-refractivity contribution in [2.24, 2.45) is 0 Å². The maximum atomic E-state index is 15.2. The lowest BCUT2D eigenvalue weighted by molar-refractivity contribution is -0.141. The molecule has 0 N–H and O–H groups in total. The molecule has 0 spiro atoms. The molecule has 0 saturated carbocycles. The smallest absolute Gasteiger partial charge is 0.333 e. The topological polar surface area (TPSA) is 61.9 Å². The van der Waals surface area contributed by atoms with Crippen molar-refractivity contribution in [3.05, 3.63) is 75.5 Å². The zero-order valence-electron chi connectivity index (χ0n) is 17.5. The van der Waals surface area contributed by atoms with Gasteiger partial charge in [0.05, 0.1) is 6.54 Å². The monoisotopic (exact) mass is 474 g/mol. The standard InChI is InChI=1S/C23H18F4N4OS/c1-3-20(32)30-10-16(15-8-13(9-28)33-19(15)12-30)14-6-5-7-18(24)21(14)17-11-31(4-2)29-22(17)23(25,26)27/h3,5-8,11,16H,1,4,10,12H2,2H3/t16-/m0/s1. The minimum absolute atomic E-state index is 0.110. The molecule has 1 aromatic carbocycles. The number of thiophene rings is 1. The fourth-order valence-electron chi connectivity index (χ4n) is 4.13. The van der Waals surface area contributed by atoms with E-state index in [1.165, 1.54) is 28.5 Å². The predicted octanol–water partition coefficient (Wildman–Crippen LogP) is 5.32. The Morgan fingerprint density at radius 3 is 2.79 bits per heavy atom. The third-order valence-corrected chi connectivity index (χ3v) is 6.64. The van der Waals surface area contributed by atoms with Crippen LogP contribution in [0.4, 0.5) is 17.6 Å². The number of halogens is 4. The Bertz CT molecular complexity index is 1280. The van der Waals surface area contributed by atoms with Gasteiger partial charge >= 0.3 is 6.18 Å². The maximum Gasteiger partial charge on any atom is 0.435 e. The Hall–Kier alpha value is -3.45. The summed E-state index contributed by atoms with van der Waals surface area (Å²) in [5.41, 5.74) is -0.747. The largest absolute Gasteiger partial charge is 0.435 e. The number of nitrogens with zero attached hydrogens (tertiary/aromatic N) is 4. The Morgan fingerprint density at radius 2 is 2.15 bits per heavy atom. The molecule has 0 bridgehead atoms. The maximum absolute atomic E-state index is 15.2. The number of aromatic nitrogens is 2. The van der Waals surface area contributed by atoms with Crippen LogP contribution in [0.1, 0.15) is 39.4 Å². The van der Waals surface area contributed by atoms with Gasteiger partial charge in [0, 0.05) is 41.2 Å². The Balaban J connectivity index is 1.96. The third-order valence-electron chi connectivity index (χ3n) is 5.60. The number of carbonyl (C=O) groups excluding carboxylic acids is 1. The molecular formula is C23H18F4N4OS. The zero-order chi connectivity index (χ0) is 23.9. The molecule has 2 aromatic heterocycles. The van der Waals surface area contributed by atoms with Gasteiger partial charge in [-0.25, -0.2) is 4.39 Å². The molecule has 1 aliphatic rings. The van der Waals surface area contributed by atoms with Gasteiger partial charge < -0.3 is 4.90 Å². The van der Waals surface area contributed by atoms with E-state index in [4.69, 9.17) is 0 Å². The number of benzene rings is 1. The Morgan fingerprint density at radius 1 is 1.39 bits per heavy atom. The molecule has 0 radical (unpaired) electrons. The van der Waals surface area contributed by atoms with Crippen molar-refractivity contribution in [2.75, 3.05) is 6.54 Å². The summed E-state index contributed by atoms with van der Waals surface area (Å²) in [4.78, 5) is 15.0. The summed E-state index contributed by atoms with van der Waals surface area (Å²) in [6.07, 6.45) is -2.44. The van der Waals surface area contributed by atoms with E-state index in [9.17, 15) is 23.2 Å². The van der Waals surface area contributed by atoms with Crippen molar-refractivity contribution in [2.45, 2.75) is 32.1 Å². The highest BCUT2D eigenvalue weighted by molar-refractivity contribution is 7.12. The zero-order valence-corrected chi connectivity index (χ0v) is 18.3. The first-order valence-electron chi connectivity index (χ1n) is 10.0. The number of fused-ring (bicyclic) bond motifs is 1. The first-order chi connectivity index (χ1) is 15.7. The van der Waals surface area contributed by atoms with E-state index in [0.29, 0.717) is 16.0 Å². The SMILES string of the molecule is C=CC(=O)N1Cc2sc(C#N)cc2[C@H](c2cccc(F)c2-c2cn(CC)nc2C(F)(F)F)C1. The molecule has 0 unspecified atom stereocenters. The van der Waals surface area contributed by atoms with E-state index in [1.807, 2.05) is 0 Å². The van der Waals surface area contributed by atoms with Crippen LogP contribution < -0.4 is 0 Å². The fourth-order valence-corrected chi connectivity index (χ4v) is 5.16. The summed E-state index contributed by atoms with van der Waals surface area (Å²) < 4.78 is 57.7. The van der Waals surface area contributed by atoms with Gasteiger partial charge in [-0.3, -0.25) is 9.48 Å². The molecule has 170 valence electrons. The molecule has 0 saturated heterocycles.